The van der Waals surface area contributed by atoms with Gasteiger partial charge in [-0.1, -0.05) is 36.4 Å². The molecule has 2 aromatic carbocycles. The zero-order valence-corrected chi connectivity index (χ0v) is 16.8. The first-order valence-electron chi connectivity index (χ1n) is 9.31. The van der Waals surface area contributed by atoms with Gasteiger partial charge in [0.05, 0.1) is 7.11 Å². The van der Waals surface area contributed by atoms with Gasteiger partial charge in [0.2, 0.25) is 5.91 Å². The van der Waals surface area contributed by atoms with Gasteiger partial charge in [-0.05, 0) is 29.3 Å². The van der Waals surface area contributed by atoms with Gasteiger partial charge >= 0.3 is 0 Å². The molecule has 1 aromatic heterocycles. The molecule has 1 unspecified atom stereocenters. The molecular weight excluding hydrogens is 380 g/mol. The SMILES string of the molecule is COc1cc(/C=C/C(=O)NC(c2ccccc2)c2nccn2C)ccc1OCC#N. The van der Waals surface area contributed by atoms with Crippen molar-refractivity contribution < 1.29 is 14.3 Å². The van der Waals surface area contributed by atoms with Gasteiger partial charge in [0.1, 0.15) is 17.9 Å². The van der Waals surface area contributed by atoms with Crippen LogP contribution in [0.3, 0.4) is 0 Å². The van der Waals surface area contributed by atoms with Crippen LogP contribution >= 0.6 is 0 Å². The van der Waals surface area contributed by atoms with Crippen LogP contribution in [0, 0.1) is 11.3 Å². The molecule has 0 bridgehead atoms. The number of nitrogens with one attached hydrogen (secondary N) is 1. The number of amides is 1. The van der Waals surface area contributed by atoms with E-state index in [2.05, 4.69) is 10.3 Å². The first-order chi connectivity index (χ1) is 14.6. The molecule has 3 aromatic rings. The second-order valence-electron chi connectivity index (χ2n) is 6.44. The van der Waals surface area contributed by atoms with Gasteiger partial charge in [-0.25, -0.2) is 4.98 Å². The van der Waals surface area contributed by atoms with Crippen molar-refractivity contribution in [2.45, 2.75) is 6.04 Å². The third-order valence-electron chi connectivity index (χ3n) is 4.44. The molecule has 7 heteroatoms. The number of benzene rings is 2. The van der Waals surface area contributed by atoms with Gasteiger partial charge in [0, 0.05) is 25.5 Å². The smallest absolute Gasteiger partial charge is 0.244 e. The Morgan fingerprint density at radius 2 is 2.07 bits per heavy atom. The molecule has 1 heterocycles. The minimum absolute atomic E-state index is 0.0674. The highest BCUT2D eigenvalue weighted by molar-refractivity contribution is 5.92. The summed E-state index contributed by atoms with van der Waals surface area (Å²) in [7, 11) is 3.41. The third-order valence-corrected chi connectivity index (χ3v) is 4.44. The molecule has 7 nitrogen and oxygen atoms in total. The lowest BCUT2D eigenvalue weighted by Gasteiger charge is -2.18. The molecule has 1 N–H and O–H groups in total. The number of hydrogen-bond acceptors (Lipinski definition) is 5. The number of imidazole rings is 1. The Balaban J connectivity index is 1.76. The van der Waals surface area contributed by atoms with Crippen LogP contribution in [0.4, 0.5) is 0 Å². The summed E-state index contributed by atoms with van der Waals surface area (Å²) in [5.74, 6) is 1.45. The van der Waals surface area contributed by atoms with E-state index in [0.29, 0.717) is 11.5 Å². The Morgan fingerprint density at radius 3 is 2.73 bits per heavy atom. The van der Waals surface area contributed by atoms with Gasteiger partial charge < -0.3 is 19.4 Å². The predicted octanol–water partition coefficient (Wildman–Crippen LogP) is 3.25. The minimum atomic E-state index is -0.375. The molecule has 0 aliphatic rings. The van der Waals surface area contributed by atoms with E-state index < -0.39 is 0 Å². The molecule has 0 saturated heterocycles. The van der Waals surface area contributed by atoms with Crippen molar-refractivity contribution in [1.29, 1.82) is 5.26 Å². The molecular formula is C23H22N4O3. The Kier molecular flexibility index (Phi) is 6.85. The minimum Gasteiger partial charge on any atom is -0.493 e. The maximum Gasteiger partial charge on any atom is 0.244 e. The topological polar surface area (TPSA) is 89.2 Å². The van der Waals surface area contributed by atoms with Crippen LogP contribution in [0.15, 0.2) is 67.0 Å². The summed E-state index contributed by atoms with van der Waals surface area (Å²) in [4.78, 5) is 17.0. The Labute approximate surface area is 175 Å². The van der Waals surface area contributed by atoms with Gasteiger partial charge in [-0.3, -0.25) is 4.79 Å². The highest BCUT2D eigenvalue weighted by atomic mass is 16.5. The van der Waals surface area contributed by atoms with E-state index in [0.717, 1.165) is 17.0 Å². The van der Waals surface area contributed by atoms with Gasteiger partial charge in [0.25, 0.3) is 0 Å². The number of aromatic nitrogens is 2. The Hall–Kier alpha value is -4.05. The first-order valence-corrected chi connectivity index (χ1v) is 9.31. The van der Waals surface area contributed by atoms with Crippen molar-refractivity contribution >= 4 is 12.0 Å². The zero-order chi connectivity index (χ0) is 21.3. The van der Waals surface area contributed by atoms with Crippen LogP contribution in [-0.4, -0.2) is 29.2 Å². The highest BCUT2D eigenvalue weighted by Gasteiger charge is 2.19. The number of ether oxygens (including phenoxy) is 2. The largest absolute Gasteiger partial charge is 0.493 e. The lowest BCUT2D eigenvalue weighted by molar-refractivity contribution is -0.117. The number of carbonyl (C=O) groups excluding carboxylic acids is 1. The summed E-state index contributed by atoms with van der Waals surface area (Å²) in [5, 5.41) is 11.7. The average Bonchev–Trinajstić information content (AvgIpc) is 3.20. The fourth-order valence-electron chi connectivity index (χ4n) is 2.98. The quantitative estimate of drug-likeness (QED) is 0.584. The number of carbonyl (C=O) groups is 1. The molecule has 30 heavy (non-hydrogen) atoms. The van der Waals surface area contributed by atoms with Crippen LogP contribution in [-0.2, 0) is 11.8 Å². The van der Waals surface area contributed by atoms with Gasteiger partial charge in [-0.2, -0.15) is 5.26 Å². The Bertz CT molecular complexity index is 1070. The van der Waals surface area contributed by atoms with E-state index in [1.807, 2.05) is 54.2 Å². The summed E-state index contributed by atoms with van der Waals surface area (Å²) in [6.45, 7) is -0.0674. The molecule has 3 rings (SSSR count). The number of aryl methyl sites for hydroxylation is 1. The van der Waals surface area contributed by atoms with Crippen molar-refractivity contribution in [3.63, 3.8) is 0 Å². The fourth-order valence-corrected chi connectivity index (χ4v) is 2.98. The van der Waals surface area contributed by atoms with Crippen LogP contribution in [0.1, 0.15) is 23.0 Å². The van der Waals surface area contributed by atoms with E-state index in [-0.39, 0.29) is 18.6 Å². The van der Waals surface area contributed by atoms with Crippen molar-refractivity contribution in [2.75, 3.05) is 13.7 Å². The number of rotatable bonds is 8. The summed E-state index contributed by atoms with van der Waals surface area (Å²) < 4.78 is 12.5. The molecule has 0 fully saturated rings. The molecule has 0 aliphatic carbocycles. The lowest BCUT2D eigenvalue weighted by atomic mass is 10.1. The fraction of sp³-hybridized carbons (Fsp3) is 0.174. The lowest BCUT2D eigenvalue weighted by Crippen LogP contribution is -2.29. The van der Waals surface area contributed by atoms with Crippen LogP contribution in [0.5, 0.6) is 11.5 Å². The molecule has 0 aliphatic heterocycles. The number of nitrogens with zero attached hydrogens (tertiary/aromatic N) is 3. The maximum atomic E-state index is 12.6. The van der Waals surface area contributed by atoms with E-state index >= 15 is 0 Å². The summed E-state index contributed by atoms with van der Waals surface area (Å²) in [5.41, 5.74) is 1.70. The van der Waals surface area contributed by atoms with Crippen molar-refractivity contribution in [2.24, 2.45) is 7.05 Å². The normalized spacial score (nSPS) is 11.6. The van der Waals surface area contributed by atoms with Crippen molar-refractivity contribution in [3.8, 4) is 17.6 Å². The molecule has 152 valence electrons. The molecule has 1 amide bonds. The van der Waals surface area contributed by atoms with Crippen LogP contribution in [0.25, 0.3) is 6.08 Å². The van der Waals surface area contributed by atoms with Gasteiger partial charge in [0.15, 0.2) is 18.1 Å². The molecule has 0 saturated carbocycles. The van der Waals surface area contributed by atoms with E-state index in [1.165, 1.54) is 13.2 Å². The molecule has 0 spiro atoms. The average molecular weight is 402 g/mol. The van der Waals surface area contributed by atoms with Crippen molar-refractivity contribution in [3.05, 3.63) is 84.0 Å². The summed E-state index contributed by atoms with van der Waals surface area (Å²) in [6, 6.07) is 16.5. The molecule has 1 atom stereocenters. The highest BCUT2D eigenvalue weighted by Crippen LogP contribution is 2.28. The Morgan fingerprint density at radius 1 is 1.27 bits per heavy atom. The predicted molar refractivity (Wildman–Crippen MR) is 113 cm³/mol. The number of methoxy groups -OCH3 is 1. The number of hydrogen-bond donors (Lipinski definition) is 1. The zero-order valence-electron chi connectivity index (χ0n) is 16.8. The van der Waals surface area contributed by atoms with Crippen molar-refractivity contribution in [1.82, 2.24) is 14.9 Å². The van der Waals surface area contributed by atoms with Crippen LogP contribution < -0.4 is 14.8 Å². The second kappa shape index (κ2) is 9.94. The van der Waals surface area contributed by atoms with E-state index in [9.17, 15) is 4.79 Å². The third kappa shape index (κ3) is 5.06. The number of nitriles is 1. The second-order valence-corrected chi connectivity index (χ2v) is 6.44. The maximum absolute atomic E-state index is 12.6. The van der Waals surface area contributed by atoms with E-state index in [4.69, 9.17) is 14.7 Å². The molecule has 0 radical (unpaired) electrons. The van der Waals surface area contributed by atoms with Gasteiger partial charge in [-0.15, -0.1) is 0 Å². The summed E-state index contributed by atoms with van der Waals surface area (Å²) >= 11 is 0. The standard InChI is InChI=1S/C23H22N4O3/c1-27-14-13-25-23(27)22(18-6-4-3-5-7-18)26-21(28)11-9-17-8-10-19(30-15-12-24)20(16-17)29-2/h3-11,13-14,16,22H,15H2,1-2H3,(H,26,28)/b11-9+. The monoisotopic (exact) mass is 402 g/mol. The first kappa shape index (κ1) is 20.7. The van der Waals surface area contributed by atoms with Crippen LogP contribution in [0.2, 0.25) is 0 Å². The summed E-state index contributed by atoms with van der Waals surface area (Å²) in [6.07, 6.45) is 6.70. The van der Waals surface area contributed by atoms with E-state index in [1.54, 1.807) is 30.5 Å².